The summed E-state index contributed by atoms with van der Waals surface area (Å²) in [5, 5.41) is 10.7. The number of benzene rings is 2. The molecule has 0 aromatic heterocycles. The van der Waals surface area contributed by atoms with Gasteiger partial charge in [0, 0.05) is 12.1 Å². The van der Waals surface area contributed by atoms with Gasteiger partial charge in [-0.3, -0.25) is 24.6 Å². The van der Waals surface area contributed by atoms with E-state index in [0.717, 1.165) is 19.3 Å². The Kier molecular flexibility index (Phi) is 4.16. The van der Waals surface area contributed by atoms with Crippen molar-refractivity contribution < 1.29 is 24.0 Å². The molecular weight excluding hydrogens is 388 g/mol. The summed E-state index contributed by atoms with van der Waals surface area (Å²) in [5.41, 5.74) is 0.611. The smallest absolute Gasteiger partial charge is 0.343 e. The first kappa shape index (κ1) is 18.5. The Morgan fingerprint density at radius 1 is 0.933 bits per heavy atom. The summed E-state index contributed by atoms with van der Waals surface area (Å²) in [4.78, 5) is 49.5. The summed E-state index contributed by atoms with van der Waals surface area (Å²) in [6.07, 6.45) is 3.02. The molecule has 152 valence electrons. The SMILES string of the molecule is O=C(Oc1ccc([N+](=O)[O-])cc1)c1ccc(N2C(=O)[C@H]3[C@H]4CC[C@@H](C4)[C@@H]3C2=O)cc1. The van der Waals surface area contributed by atoms with Crippen LogP contribution in [0.1, 0.15) is 29.6 Å². The fourth-order valence-electron chi connectivity index (χ4n) is 5.21. The van der Waals surface area contributed by atoms with Crippen LogP contribution in [-0.2, 0) is 9.59 Å². The summed E-state index contributed by atoms with van der Waals surface area (Å²) in [6.45, 7) is 0. The zero-order valence-electron chi connectivity index (χ0n) is 15.9. The first-order valence-corrected chi connectivity index (χ1v) is 9.88. The van der Waals surface area contributed by atoms with Crippen LogP contribution in [0.25, 0.3) is 0 Å². The van der Waals surface area contributed by atoms with E-state index in [2.05, 4.69) is 0 Å². The predicted molar refractivity (Wildman–Crippen MR) is 105 cm³/mol. The highest BCUT2D eigenvalue weighted by Crippen LogP contribution is 2.56. The zero-order chi connectivity index (χ0) is 21.0. The summed E-state index contributed by atoms with van der Waals surface area (Å²) in [5.74, 6) is -0.454. The molecule has 5 rings (SSSR count). The summed E-state index contributed by atoms with van der Waals surface area (Å²) in [6, 6.07) is 11.4. The van der Waals surface area contributed by atoms with Crippen molar-refractivity contribution in [1.29, 1.82) is 0 Å². The molecule has 0 N–H and O–H groups in total. The fraction of sp³-hybridized carbons (Fsp3) is 0.318. The third-order valence-electron chi connectivity index (χ3n) is 6.55. The Balaban J connectivity index is 1.31. The van der Waals surface area contributed by atoms with Crippen LogP contribution in [-0.4, -0.2) is 22.7 Å². The van der Waals surface area contributed by atoms with Crippen LogP contribution < -0.4 is 9.64 Å². The van der Waals surface area contributed by atoms with Crippen LogP contribution >= 0.6 is 0 Å². The quantitative estimate of drug-likeness (QED) is 0.253. The lowest BCUT2D eigenvalue weighted by Crippen LogP contribution is -2.32. The van der Waals surface area contributed by atoms with Gasteiger partial charge in [0.25, 0.3) is 5.69 Å². The van der Waals surface area contributed by atoms with E-state index in [1.807, 2.05) is 0 Å². The van der Waals surface area contributed by atoms with E-state index in [4.69, 9.17) is 4.74 Å². The molecule has 4 atom stereocenters. The minimum Gasteiger partial charge on any atom is -0.423 e. The first-order chi connectivity index (χ1) is 14.4. The van der Waals surface area contributed by atoms with Gasteiger partial charge in [-0.2, -0.15) is 0 Å². The van der Waals surface area contributed by atoms with Crippen LogP contribution in [0.3, 0.4) is 0 Å². The van der Waals surface area contributed by atoms with Gasteiger partial charge in [-0.25, -0.2) is 4.79 Å². The number of carbonyl (C=O) groups is 3. The maximum atomic E-state index is 12.9. The number of rotatable bonds is 4. The summed E-state index contributed by atoms with van der Waals surface area (Å²) < 4.78 is 5.23. The lowest BCUT2D eigenvalue weighted by molar-refractivity contribution is -0.384. The number of fused-ring (bicyclic) bond motifs is 5. The number of ether oxygens (including phenoxy) is 1. The number of hydrogen-bond acceptors (Lipinski definition) is 6. The topological polar surface area (TPSA) is 107 Å². The molecule has 0 unspecified atom stereocenters. The van der Waals surface area contributed by atoms with E-state index >= 15 is 0 Å². The Morgan fingerprint density at radius 3 is 2.03 bits per heavy atom. The number of non-ortho nitro benzene ring substituents is 1. The number of anilines is 1. The van der Waals surface area contributed by atoms with Crippen LogP contribution in [0.2, 0.25) is 0 Å². The average molecular weight is 406 g/mol. The molecule has 2 aromatic carbocycles. The van der Waals surface area contributed by atoms with Crippen LogP contribution in [0, 0.1) is 33.8 Å². The standard InChI is InChI=1S/C22H18N2O6/c25-20-18-13-1-2-14(11-13)19(18)21(26)23(20)15-5-3-12(4-6-15)22(27)30-17-9-7-16(8-10-17)24(28)29/h3-10,13-14,18-19H,1-2,11H2/t13-,14-,18-,19-/m0/s1. The third kappa shape index (κ3) is 2.79. The minimum atomic E-state index is -0.635. The lowest BCUT2D eigenvalue weighted by Gasteiger charge is -2.19. The highest BCUT2D eigenvalue weighted by atomic mass is 16.6. The number of carbonyl (C=O) groups excluding carboxylic acids is 3. The van der Waals surface area contributed by atoms with E-state index in [9.17, 15) is 24.5 Å². The van der Waals surface area contributed by atoms with Gasteiger partial charge >= 0.3 is 5.97 Å². The number of amides is 2. The molecule has 1 aliphatic heterocycles. The van der Waals surface area contributed by atoms with Gasteiger partial charge in [0.1, 0.15) is 5.75 Å². The molecule has 2 bridgehead atoms. The zero-order valence-corrected chi connectivity index (χ0v) is 15.9. The molecule has 2 aromatic rings. The molecule has 8 heteroatoms. The molecule has 30 heavy (non-hydrogen) atoms. The molecule has 1 heterocycles. The molecule has 3 aliphatic rings. The Hall–Kier alpha value is -3.55. The Morgan fingerprint density at radius 2 is 1.50 bits per heavy atom. The third-order valence-corrected chi connectivity index (χ3v) is 6.55. The first-order valence-electron chi connectivity index (χ1n) is 9.88. The van der Waals surface area contributed by atoms with Crippen molar-refractivity contribution in [3.63, 3.8) is 0 Å². The molecule has 0 radical (unpaired) electrons. The minimum absolute atomic E-state index is 0.0997. The van der Waals surface area contributed by atoms with Crippen molar-refractivity contribution in [2.24, 2.45) is 23.7 Å². The number of nitrogens with zero attached hydrogens (tertiary/aromatic N) is 2. The highest BCUT2D eigenvalue weighted by molar-refractivity contribution is 6.22. The highest BCUT2D eigenvalue weighted by Gasteiger charge is 2.61. The summed E-state index contributed by atoms with van der Waals surface area (Å²) >= 11 is 0. The van der Waals surface area contributed by atoms with E-state index in [1.54, 1.807) is 12.1 Å². The normalized spacial score (nSPS) is 26.7. The molecule has 2 amide bonds. The van der Waals surface area contributed by atoms with Gasteiger partial charge in [0.05, 0.1) is 28.0 Å². The second-order valence-corrected chi connectivity index (χ2v) is 8.08. The van der Waals surface area contributed by atoms with Gasteiger partial charge in [-0.1, -0.05) is 0 Å². The second kappa shape index (κ2) is 6.76. The Bertz CT molecular complexity index is 1030. The van der Waals surface area contributed by atoms with Crippen LogP contribution in [0.15, 0.2) is 48.5 Å². The maximum Gasteiger partial charge on any atom is 0.343 e. The number of nitro groups is 1. The second-order valence-electron chi connectivity index (χ2n) is 8.08. The molecule has 0 spiro atoms. The Labute approximate surface area is 171 Å². The molecule has 2 saturated carbocycles. The van der Waals surface area contributed by atoms with Crippen molar-refractivity contribution in [2.75, 3.05) is 4.90 Å². The summed E-state index contributed by atoms with van der Waals surface area (Å²) in [7, 11) is 0. The lowest BCUT2D eigenvalue weighted by atomic mass is 9.81. The van der Waals surface area contributed by atoms with Gasteiger partial charge in [-0.05, 0) is 67.5 Å². The van der Waals surface area contributed by atoms with Gasteiger partial charge in [0.15, 0.2) is 0 Å². The van der Waals surface area contributed by atoms with E-state index in [0.29, 0.717) is 17.5 Å². The van der Waals surface area contributed by atoms with Crippen LogP contribution in [0.5, 0.6) is 5.75 Å². The van der Waals surface area contributed by atoms with Crippen molar-refractivity contribution in [1.82, 2.24) is 0 Å². The van der Waals surface area contributed by atoms with Gasteiger partial charge < -0.3 is 4.74 Å². The number of nitro benzene ring substituents is 1. The largest absolute Gasteiger partial charge is 0.423 e. The maximum absolute atomic E-state index is 12.9. The van der Waals surface area contributed by atoms with Crippen molar-refractivity contribution >= 4 is 29.2 Å². The average Bonchev–Trinajstić information content (AvgIpc) is 3.42. The van der Waals surface area contributed by atoms with E-state index < -0.39 is 10.9 Å². The molecule has 3 fully saturated rings. The van der Waals surface area contributed by atoms with Gasteiger partial charge in [0.2, 0.25) is 11.8 Å². The molecular formula is C22H18N2O6. The molecule has 1 saturated heterocycles. The van der Waals surface area contributed by atoms with Crippen molar-refractivity contribution in [2.45, 2.75) is 19.3 Å². The van der Waals surface area contributed by atoms with E-state index in [-0.39, 0.29) is 40.7 Å². The number of hydrogen-bond donors (Lipinski definition) is 0. The van der Waals surface area contributed by atoms with E-state index in [1.165, 1.54) is 41.3 Å². The fourth-order valence-corrected chi connectivity index (χ4v) is 5.21. The molecule has 8 nitrogen and oxygen atoms in total. The van der Waals surface area contributed by atoms with Crippen molar-refractivity contribution in [3.8, 4) is 5.75 Å². The monoisotopic (exact) mass is 406 g/mol. The predicted octanol–water partition coefficient (Wildman–Crippen LogP) is 3.35. The van der Waals surface area contributed by atoms with Crippen molar-refractivity contribution in [3.05, 3.63) is 64.2 Å². The van der Waals surface area contributed by atoms with Gasteiger partial charge in [-0.15, -0.1) is 0 Å². The molecule has 2 aliphatic carbocycles. The van der Waals surface area contributed by atoms with Crippen LogP contribution in [0.4, 0.5) is 11.4 Å². The number of esters is 1. The number of imide groups is 1.